The van der Waals surface area contributed by atoms with Crippen LogP contribution in [0, 0.1) is 0 Å². The molecule has 0 unspecified atom stereocenters. The molecule has 0 radical (unpaired) electrons. The minimum absolute atomic E-state index is 0.0566. The molecule has 7 nitrogen and oxygen atoms in total. The third kappa shape index (κ3) is 6.00. The Morgan fingerprint density at radius 3 is 2.52 bits per heavy atom. The summed E-state index contributed by atoms with van der Waals surface area (Å²) in [6.07, 6.45) is 1.02. The fourth-order valence-corrected chi connectivity index (χ4v) is 4.76. The van der Waals surface area contributed by atoms with E-state index in [0.717, 1.165) is 42.0 Å². The number of hydrogen-bond donors (Lipinski definition) is 0. The van der Waals surface area contributed by atoms with Gasteiger partial charge in [0.15, 0.2) is 5.16 Å². The first kappa shape index (κ1) is 22.2. The summed E-state index contributed by atoms with van der Waals surface area (Å²) < 4.78 is 45.8. The normalized spacial score (nSPS) is 18.8. The Kier molecular flexibility index (Phi) is 7.66. The van der Waals surface area contributed by atoms with Crippen molar-refractivity contribution in [1.82, 2.24) is 19.7 Å². The van der Waals surface area contributed by atoms with Crippen LogP contribution < -0.4 is 4.90 Å². The van der Waals surface area contributed by atoms with Crippen molar-refractivity contribution >= 4 is 23.6 Å². The smallest absolute Gasteiger partial charge is 0.378 e. The van der Waals surface area contributed by atoms with Gasteiger partial charge in [0.05, 0.1) is 19.0 Å². The Hall–Kier alpha value is -1.49. The van der Waals surface area contributed by atoms with Gasteiger partial charge in [-0.05, 0) is 19.8 Å². The first-order chi connectivity index (χ1) is 13.9. The highest BCUT2D eigenvalue weighted by Gasteiger charge is 2.33. The van der Waals surface area contributed by atoms with E-state index in [4.69, 9.17) is 4.74 Å². The van der Waals surface area contributed by atoms with Crippen LogP contribution in [0.3, 0.4) is 0 Å². The summed E-state index contributed by atoms with van der Waals surface area (Å²) in [5, 5.41) is 8.08. The highest BCUT2D eigenvalue weighted by Crippen LogP contribution is 2.29. The molecular formula is C18H28F3N5O2S. The zero-order valence-electron chi connectivity index (χ0n) is 16.7. The number of nitrogens with zero attached hydrogens (tertiary/aromatic N) is 5. The van der Waals surface area contributed by atoms with Crippen molar-refractivity contribution in [3.05, 3.63) is 0 Å². The fourth-order valence-electron chi connectivity index (χ4n) is 3.94. The lowest BCUT2D eigenvalue weighted by Crippen LogP contribution is -2.42. The van der Waals surface area contributed by atoms with Gasteiger partial charge in [0.25, 0.3) is 0 Å². The number of amides is 1. The minimum atomic E-state index is -4.40. The van der Waals surface area contributed by atoms with Crippen LogP contribution in [0.1, 0.15) is 39.0 Å². The topological polar surface area (TPSA) is 63.5 Å². The van der Waals surface area contributed by atoms with Crippen molar-refractivity contribution in [1.29, 1.82) is 0 Å². The Balaban J connectivity index is 1.70. The zero-order chi connectivity index (χ0) is 20.9. The number of aromatic nitrogens is 3. The largest absolute Gasteiger partial charge is 0.406 e. The molecule has 0 bridgehead atoms. The van der Waals surface area contributed by atoms with E-state index in [0.29, 0.717) is 32.8 Å². The quantitative estimate of drug-likeness (QED) is 0.614. The molecular weight excluding hydrogens is 407 g/mol. The lowest BCUT2D eigenvalue weighted by Gasteiger charge is -2.33. The van der Waals surface area contributed by atoms with Crippen molar-refractivity contribution in [2.75, 3.05) is 43.5 Å². The summed E-state index contributed by atoms with van der Waals surface area (Å²) >= 11 is 1.03. The number of anilines is 1. The SMILES string of the molecule is CCN(C(=O)CSc1nnc(N2CCOCC2)n1CC(F)(F)F)C1CCCCC1. The summed E-state index contributed by atoms with van der Waals surface area (Å²) in [7, 11) is 0. The lowest BCUT2D eigenvalue weighted by molar-refractivity contribution is -0.141. The predicted octanol–water partition coefficient (Wildman–Crippen LogP) is 2.95. The molecule has 2 fully saturated rings. The van der Waals surface area contributed by atoms with Crippen molar-refractivity contribution in [3.8, 4) is 0 Å². The number of morpholine rings is 1. The van der Waals surface area contributed by atoms with Gasteiger partial charge in [0, 0.05) is 25.7 Å². The highest BCUT2D eigenvalue weighted by atomic mass is 32.2. The van der Waals surface area contributed by atoms with Crippen LogP contribution in [0.4, 0.5) is 19.1 Å². The Bertz CT molecular complexity index is 673. The monoisotopic (exact) mass is 435 g/mol. The first-order valence-electron chi connectivity index (χ1n) is 10.1. The molecule has 1 amide bonds. The highest BCUT2D eigenvalue weighted by molar-refractivity contribution is 7.99. The summed E-state index contributed by atoms with van der Waals surface area (Å²) in [6, 6.07) is 0.235. The molecule has 1 aliphatic heterocycles. The van der Waals surface area contributed by atoms with E-state index in [2.05, 4.69) is 10.2 Å². The van der Waals surface area contributed by atoms with Crippen molar-refractivity contribution < 1.29 is 22.7 Å². The van der Waals surface area contributed by atoms with Crippen molar-refractivity contribution in [3.63, 3.8) is 0 Å². The average molecular weight is 436 g/mol. The van der Waals surface area contributed by atoms with Gasteiger partial charge in [-0.2, -0.15) is 13.2 Å². The number of rotatable bonds is 7. The molecule has 29 heavy (non-hydrogen) atoms. The van der Waals surface area contributed by atoms with Crippen LogP contribution in [0.25, 0.3) is 0 Å². The lowest BCUT2D eigenvalue weighted by atomic mass is 9.94. The maximum atomic E-state index is 13.2. The molecule has 0 aromatic carbocycles. The molecule has 1 saturated carbocycles. The van der Waals surface area contributed by atoms with Gasteiger partial charge < -0.3 is 14.5 Å². The summed E-state index contributed by atoms with van der Waals surface area (Å²) in [5.74, 6) is 0.183. The van der Waals surface area contributed by atoms with E-state index in [9.17, 15) is 18.0 Å². The van der Waals surface area contributed by atoms with Gasteiger partial charge in [0.1, 0.15) is 6.54 Å². The molecule has 0 atom stereocenters. The number of thioether (sulfide) groups is 1. The minimum Gasteiger partial charge on any atom is -0.378 e. The number of alkyl halides is 3. The third-order valence-corrected chi connectivity index (χ3v) is 6.28. The second kappa shape index (κ2) is 10.0. The van der Waals surface area contributed by atoms with Crippen LogP contribution in [-0.4, -0.2) is 76.4 Å². The molecule has 0 spiro atoms. The molecule has 2 heterocycles. The van der Waals surface area contributed by atoms with Gasteiger partial charge in [-0.25, -0.2) is 0 Å². The second-order valence-electron chi connectivity index (χ2n) is 7.34. The Morgan fingerprint density at radius 2 is 1.90 bits per heavy atom. The van der Waals surface area contributed by atoms with Crippen LogP contribution in [0.5, 0.6) is 0 Å². The number of carbonyl (C=O) groups is 1. The van der Waals surface area contributed by atoms with E-state index < -0.39 is 12.7 Å². The summed E-state index contributed by atoms with van der Waals surface area (Å²) in [5.41, 5.74) is 0. The van der Waals surface area contributed by atoms with Gasteiger partial charge in [0.2, 0.25) is 11.9 Å². The molecule has 3 rings (SSSR count). The van der Waals surface area contributed by atoms with E-state index in [1.807, 2.05) is 11.8 Å². The number of hydrogen-bond acceptors (Lipinski definition) is 6. The standard InChI is InChI=1S/C18H28F3N5O2S/c1-2-25(14-6-4-3-5-7-14)15(27)12-29-17-23-22-16(24-8-10-28-11-9-24)26(17)13-18(19,20)21/h14H,2-13H2,1H3. The fraction of sp³-hybridized carbons (Fsp3) is 0.833. The van der Waals surface area contributed by atoms with Crippen molar-refractivity contribution in [2.45, 2.75) is 62.9 Å². The zero-order valence-corrected chi connectivity index (χ0v) is 17.5. The Morgan fingerprint density at radius 1 is 1.21 bits per heavy atom. The second-order valence-corrected chi connectivity index (χ2v) is 8.29. The molecule has 1 aromatic heterocycles. The molecule has 1 aromatic rings. The molecule has 1 aliphatic carbocycles. The van der Waals surface area contributed by atoms with Gasteiger partial charge >= 0.3 is 6.18 Å². The van der Waals surface area contributed by atoms with E-state index in [1.54, 1.807) is 4.90 Å². The van der Waals surface area contributed by atoms with Gasteiger partial charge in [-0.1, -0.05) is 31.0 Å². The number of ether oxygens (including phenoxy) is 1. The molecule has 11 heteroatoms. The number of halogens is 3. The van der Waals surface area contributed by atoms with Crippen LogP contribution in [0.15, 0.2) is 5.16 Å². The number of carbonyl (C=O) groups excluding carboxylic acids is 1. The van der Waals surface area contributed by atoms with Crippen LogP contribution in [-0.2, 0) is 16.1 Å². The first-order valence-corrected chi connectivity index (χ1v) is 11.1. The maximum absolute atomic E-state index is 13.2. The third-order valence-electron chi connectivity index (χ3n) is 5.33. The van der Waals surface area contributed by atoms with Gasteiger partial charge in [-0.3, -0.25) is 9.36 Å². The molecule has 164 valence electrons. The summed E-state index contributed by atoms with van der Waals surface area (Å²) in [4.78, 5) is 16.4. The molecule has 0 N–H and O–H groups in total. The van der Waals surface area contributed by atoms with E-state index in [-0.39, 0.29) is 28.8 Å². The molecule has 1 saturated heterocycles. The van der Waals surface area contributed by atoms with Crippen LogP contribution in [0.2, 0.25) is 0 Å². The van der Waals surface area contributed by atoms with E-state index >= 15 is 0 Å². The Labute approximate surface area is 173 Å². The van der Waals surface area contributed by atoms with Gasteiger partial charge in [-0.15, -0.1) is 10.2 Å². The van der Waals surface area contributed by atoms with E-state index in [1.165, 1.54) is 6.42 Å². The average Bonchev–Trinajstić information content (AvgIpc) is 3.09. The van der Waals surface area contributed by atoms with Crippen LogP contribution >= 0.6 is 11.8 Å². The maximum Gasteiger partial charge on any atom is 0.406 e. The molecule has 2 aliphatic rings. The summed E-state index contributed by atoms with van der Waals surface area (Å²) in [6.45, 7) is 3.18. The predicted molar refractivity (Wildman–Crippen MR) is 104 cm³/mol. The van der Waals surface area contributed by atoms with Crippen molar-refractivity contribution in [2.24, 2.45) is 0 Å².